The summed E-state index contributed by atoms with van der Waals surface area (Å²) >= 11 is 5.81. The molecule has 0 atom stereocenters. The first-order valence-electron chi connectivity index (χ1n) is 8.48. The summed E-state index contributed by atoms with van der Waals surface area (Å²) in [6.45, 7) is 2.60. The van der Waals surface area contributed by atoms with Crippen LogP contribution >= 0.6 is 11.6 Å². The van der Waals surface area contributed by atoms with Gasteiger partial charge in [0.05, 0.1) is 12.1 Å². The fourth-order valence-corrected chi connectivity index (χ4v) is 2.76. The van der Waals surface area contributed by atoms with Crippen LogP contribution in [0.1, 0.15) is 11.3 Å². The Bertz CT molecular complexity index is 936. The second kappa shape index (κ2) is 8.68. The highest BCUT2D eigenvalue weighted by molar-refractivity contribution is 6.31. The van der Waals surface area contributed by atoms with Crippen LogP contribution in [0.4, 0.5) is 21.8 Å². The van der Waals surface area contributed by atoms with Gasteiger partial charge in [-0.15, -0.1) is 0 Å². The molecular weight excluding hydrogens is 367 g/mol. The van der Waals surface area contributed by atoms with Gasteiger partial charge < -0.3 is 15.4 Å². The summed E-state index contributed by atoms with van der Waals surface area (Å²) in [5.74, 6) is 1.50. The van der Waals surface area contributed by atoms with Gasteiger partial charge in [-0.1, -0.05) is 23.7 Å². The summed E-state index contributed by atoms with van der Waals surface area (Å²) < 4.78 is 18.5. The average molecular weight is 387 g/mol. The molecule has 7 heteroatoms. The van der Waals surface area contributed by atoms with Crippen molar-refractivity contribution in [3.8, 4) is 5.75 Å². The lowest BCUT2D eigenvalue weighted by molar-refractivity contribution is 0.414. The van der Waals surface area contributed by atoms with Gasteiger partial charge in [0.25, 0.3) is 0 Å². The number of halogens is 2. The van der Waals surface area contributed by atoms with E-state index in [9.17, 15) is 4.39 Å². The first-order valence-corrected chi connectivity index (χ1v) is 8.86. The molecule has 0 fully saturated rings. The van der Waals surface area contributed by atoms with E-state index in [0.29, 0.717) is 24.0 Å². The number of anilines is 3. The van der Waals surface area contributed by atoms with Crippen molar-refractivity contribution in [2.75, 3.05) is 24.3 Å². The van der Waals surface area contributed by atoms with Crippen LogP contribution < -0.4 is 15.4 Å². The van der Waals surface area contributed by atoms with Crippen LogP contribution in [0.25, 0.3) is 0 Å². The Morgan fingerprint density at radius 2 is 1.96 bits per heavy atom. The molecule has 0 amide bonds. The number of benzene rings is 2. The van der Waals surface area contributed by atoms with Crippen molar-refractivity contribution in [1.82, 2.24) is 9.97 Å². The molecule has 0 aliphatic rings. The Kier molecular flexibility index (Phi) is 6.08. The van der Waals surface area contributed by atoms with Crippen molar-refractivity contribution < 1.29 is 9.13 Å². The second-order valence-electron chi connectivity index (χ2n) is 6.00. The molecule has 3 rings (SSSR count). The highest BCUT2D eigenvalue weighted by Crippen LogP contribution is 2.22. The smallest absolute Gasteiger partial charge is 0.229 e. The van der Waals surface area contributed by atoms with Crippen molar-refractivity contribution in [1.29, 1.82) is 0 Å². The third-order valence-electron chi connectivity index (χ3n) is 3.88. The van der Waals surface area contributed by atoms with Gasteiger partial charge in [0.15, 0.2) is 0 Å². The highest BCUT2D eigenvalue weighted by atomic mass is 35.5. The molecule has 0 spiro atoms. The maximum absolute atomic E-state index is 13.3. The lowest BCUT2D eigenvalue weighted by atomic mass is 10.1. The number of nitrogens with zero attached hydrogens (tertiary/aromatic N) is 2. The summed E-state index contributed by atoms with van der Waals surface area (Å²) in [5.41, 5.74) is 2.60. The predicted octanol–water partition coefficient (Wildman–Crippen LogP) is 4.98. The molecule has 0 aliphatic heterocycles. The standard InChI is InChI=1S/C20H20ClFN4O/c1-13-10-19(23-9-8-14-4-3-5-16(11-14)27-2)26-20(24-13)25-15-6-7-18(22)17(21)12-15/h3-7,10-12H,8-9H2,1-2H3,(H2,23,24,25,26). The molecule has 3 aromatic rings. The number of nitrogens with one attached hydrogen (secondary N) is 2. The minimum Gasteiger partial charge on any atom is -0.497 e. The SMILES string of the molecule is COc1cccc(CCNc2cc(C)nc(Nc3ccc(F)c(Cl)c3)n2)c1. The zero-order valence-corrected chi connectivity index (χ0v) is 15.8. The maximum Gasteiger partial charge on any atom is 0.229 e. The second-order valence-corrected chi connectivity index (χ2v) is 6.41. The fraction of sp³-hybridized carbons (Fsp3) is 0.200. The van der Waals surface area contributed by atoms with Gasteiger partial charge in [0.1, 0.15) is 17.4 Å². The van der Waals surface area contributed by atoms with Gasteiger partial charge in [-0.25, -0.2) is 9.37 Å². The normalized spacial score (nSPS) is 10.5. The monoisotopic (exact) mass is 386 g/mol. The largest absolute Gasteiger partial charge is 0.497 e. The molecule has 1 heterocycles. The van der Waals surface area contributed by atoms with Gasteiger partial charge in [-0.2, -0.15) is 4.98 Å². The van der Waals surface area contributed by atoms with E-state index in [1.54, 1.807) is 13.2 Å². The summed E-state index contributed by atoms with van der Waals surface area (Å²) in [7, 11) is 1.66. The molecule has 27 heavy (non-hydrogen) atoms. The number of ether oxygens (including phenoxy) is 1. The van der Waals surface area contributed by atoms with Gasteiger partial charge >= 0.3 is 0 Å². The Morgan fingerprint density at radius 3 is 2.74 bits per heavy atom. The van der Waals surface area contributed by atoms with Gasteiger partial charge in [0, 0.05) is 24.0 Å². The van der Waals surface area contributed by atoms with Crippen LogP contribution in [0, 0.1) is 12.7 Å². The van der Waals surface area contributed by atoms with Crippen molar-refractivity contribution in [3.63, 3.8) is 0 Å². The molecule has 0 saturated heterocycles. The van der Waals surface area contributed by atoms with Crippen LogP contribution in [0.3, 0.4) is 0 Å². The number of hydrogen-bond acceptors (Lipinski definition) is 5. The molecule has 0 radical (unpaired) electrons. The number of methoxy groups -OCH3 is 1. The minimum absolute atomic E-state index is 0.0456. The summed E-state index contributed by atoms with van der Waals surface area (Å²) in [6.07, 6.45) is 0.830. The van der Waals surface area contributed by atoms with Crippen molar-refractivity contribution in [2.45, 2.75) is 13.3 Å². The number of aryl methyl sites for hydroxylation is 1. The van der Waals surface area contributed by atoms with Gasteiger partial charge in [-0.05, 0) is 49.2 Å². The maximum atomic E-state index is 13.3. The van der Waals surface area contributed by atoms with E-state index in [1.165, 1.54) is 17.7 Å². The first-order chi connectivity index (χ1) is 13.0. The van der Waals surface area contributed by atoms with Crippen LogP contribution in [-0.2, 0) is 6.42 Å². The lowest BCUT2D eigenvalue weighted by Gasteiger charge is -2.11. The van der Waals surface area contributed by atoms with Gasteiger partial charge in [0.2, 0.25) is 5.95 Å². The molecule has 2 N–H and O–H groups in total. The van der Waals surface area contributed by atoms with Crippen molar-refractivity contribution in [3.05, 3.63) is 70.6 Å². The number of rotatable bonds is 7. The van der Waals surface area contributed by atoms with E-state index in [4.69, 9.17) is 16.3 Å². The van der Waals surface area contributed by atoms with E-state index >= 15 is 0 Å². The molecule has 0 saturated carbocycles. The van der Waals surface area contributed by atoms with Crippen LogP contribution in [0.15, 0.2) is 48.5 Å². The fourth-order valence-electron chi connectivity index (χ4n) is 2.58. The van der Waals surface area contributed by atoms with Crippen LogP contribution in [0.5, 0.6) is 5.75 Å². The van der Waals surface area contributed by atoms with E-state index in [1.807, 2.05) is 31.2 Å². The molecule has 0 aliphatic carbocycles. The molecule has 140 valence electrons. The van der Waals surface area contributed by atoms with Crippen LogP contribution in [-0.4, -0.2) is 23.6 Å². The Hall–Kier alpha value is -2.86. The topological polar surface area (TPSA) is 59.1 Å². The van der Waals surface area contributed by atoms with Crippen molar-refractivity contribution in [2.24, 2.45) is 0 Å². The summed E-state index contributed by atoms with van der Waals surface area (Å²) in [6, 6.07) is 14.2. The molecule has 0 unspecified atom stereocenters. The zero-order chi connectivity index (χ0) is 19.2. The highest BCUT2D eigenvalue weighted by Gasteiger charge is 2.06. The first kappa shape index (κ1) is 18.9. The average Bonchev–Trinajstić information content (AvgIpc) is 2.64. The molecular formula is C20H20ClFN4O. The van der Waals surface area contributed by atoms with E-state index in [0.717, 1.165) is 17.9 Å². The summed E-state index contributed by atoms with van der Waals surface area (Å²) in [4.78, 5) is 8.81. The summed E-state index contributed by atoms with van der Waals surface area (Å²) in [5, 5.41) is 6.39. The Balaban J connectivity index is 1.64. The van der Waals surface area contributed by atoms with Crippen LogP contribution in [0.2, 0.25) is 5.02 Å². The Morgan fingerprint density at radius 1 is 1.11 bits per heavy atom. The molecule has 5 nitrogen and oxygen atoms in total. The predicted molar refractivity (Wildman–Crippen MR) is 107 cm³/mol. The lowest BCUT2D eigenvalue weighted by Crippen LogP contribution is -2.09. The van der Waals surface area contributed by atoms with Crippen molar-refractivity contribution >= 4 is 29.1 Å². The minimum atomic E-state index is -0.465. The van der Waals surface area contributed by atoms with E-state index < -0.39 is 5.82 Å². The van der Waals surface area contributed by atoms with Gasteiger partial charge in [-0.3, -0.25) is 0 Å². The quantitative estimate of drug-likeness (QED) is 0.599. The Labute approximate surface area is 162 Å². The third-order valence-corrected chi connectivity index (χ3v) is 4.17. The van der Waals surface area contributed by atoms with E-state index in [-0.39, 0.29) is 5.02 Å². The molecule has 1 aromatic heterocycles. The third kappa shape index (κ3) is 5.31. The van der Waals surface area contributed by atoms with E-state index in [2.05, 4.69) is 26.7 Å². The zero-order valence-electron chi connectivity index (χ0n) is 15.1. The molecule has 2 aromatic carbocycles. The number of hydrogen-bond donors (Lipinski definition) is 2. The molecule has 0 bridgehead atoms. The number of aromatic nitrogens is 2.